The summed E-state index contributed by atoms with van der Waals surface area (Å²) in [5, 5.41) is 7.91. The normalized spacial score (nSPS) is 12.9. The zero-order valence-corrected chi connectivity index (χ0v) is 16.5. The highest BCUT2D eigenvalue weighted by Gasteiger charge is 2.33. The Hall–Kier alpha value is -3.10. The van der Waals surface area contributed by atoms with Crippen LogP contribution < -0.4 is 15.9 Å². The first kappa shape index (κ1) is 19.2. The number of benzene rings is 2. The van der Waals surface area contributed by atoms with Crippen molar-refractivity contribution in [2.45, 2.75) is 19.6 Å². The van der Waals surface area contributed by atoms with Crippen molar-refractivity contribution in [1.82, 2.24) is 19.7 Å². The van der Waals surface area contributed by atoms with Crippen molar-refractivity contribution in [1.29, 1.82) is 0 Å². The molecular weight excluding hydrogens is 417 g/mol. The summed E-state index contributed by atoms with van der Waals surface area (Å²) < 4.78 is 1.95. The molecule has 0 radical (unpaired) electrons. The minimum Gasteiger partial charge on any atom is -0.350 e. The number of halogens is 2. The van der Waals surface area contributed by atoms with Crippen LogP contribution in [0.25, 0.3) is 0 Å². The molecule has 1 aromatic heterocycles. The molecule has 1 aliphatic rings. The number of carbonyl (C=O) groups is 2. The Labute approximate surface area is 175 Å². The van der Waals surface area contributed by atoms with E-state index in [0.29, 0.717) is 15.7 Å². The van der Waals surface area contributed by atoms with Gasteiger partial charge in [-0.25, -0.2) is 14.3 Å². The van der Waals surface area contributed by atoms with Crippen LogP contribution in [0.1, 0.15) is 11.4 Å². The summed E-state index contributed by atoms with van der Waals surface area (Å²) >= 11 is 11.9. The van der Waals surface area contributed by atoms with Crippen LogP contribution in [-0.4, -0.2) is 26.3 Å². The average molecular weight is 432 g/mol. The highest BCUT2D eigenvalue weighted by molar-refractivity contribution is 6.31. The maximum atomic E-state index is 12.6. The number of hydrogen-bond acceptors (Lipinski definition) is 4. The molecule has 2 aromatic carbocycles. The van der Waals surface area contributed by atoms with Gasteiger partial charge in [-0.1, -0.05) is 41.4 Å². The van der Waals surface area contributed by atoms with E-state index in [1.807, 2.05) is 6.07 Å². The summed E-state index contributed by atoms with van der Waals surface area (Å²) in [4.78, 5) is 38.8. The molecule has 29 heavy (non-hydrogen) atoms. The number of aromatic nitrogens is 3. The Morgan fingerprint density at radius 2 is 1.79 bits per heavy atom. The molecule has 4 rings (SSSR count). The molecule has 0 fully saturated rings. The second-order valence-corrected chi connectivity index (χ2v) is 7.25. The Kier molecular flexibility index (Phi) is 5.12. The summed E-state index contributed by atoms with van der Waals surface area (Å²) in [5.74, 6) is -0.139. The van der Waals surface area contributed by atoms with Gasteiger partial charge in [0.05, 0.1) is 6.54 Å². The molecule has 2 heterocycles. The summed E-state index contributed by atoms with van der Waals surface area (Å²) in [6, 6.07) is 13.3. The van der Waals surface area contributed by atoms with Crippen LogP contribution in [0.3, 0.4) is 0 Å². The molecule has 8 nitrogen and oxygen atoms in total. The molecule has 3 aromatic rings. The van der Waals surface area contributed by atoms with Crippen molar-refractivity contribution in [3.8, 4) is 0 Å². The van der Waals surface area contributed by atoms with Gasteiger partial charge in [0.2, 0.25) is 5.91 Å². The van der Waals surface area contributed by atoms with Crippen molar-refractivity contribution >= 4 is 40.8 Å². The fourth-order valence-electron chi connectivity index (χ4n) is 3.03. The fraction of sp³-hybridized carbons (Fsp3) is 0.158. The van der Waals surface area contributed by atoms with Crippen LogP contribution in [-0.2, 0) is 24.4 Å². The van der Waals surface area contributed by atoms with Crippen molar-refractivity contribution in [2.75, 3.05) is 4.90 Å². The second kappa shape index (κ2) is 7.73. The lowest BCUT2D eigenvalue weighted by atomic mass is 10.2. The largest absolute Gasteiger partial charge is 0.354 e. The molecule has 0 saturated carbocycles. The van der Waals surface area contributed by atoms with Gasteiger partial charge in [0.1, 0.15) is 6.54 Å². The molecule has 0 saturated heterocycles. The predicted octanol–water partition coefficient (Wildman–Crippen LogP) is 2.66. The van der Waals surface area contributed by atoms with Crippen LogP contribution in [0.15, 0.2) is 53.3 Å². The second-order valence-electron chi connectivity index (χ2n) is 6.41. The van der Waals surface area contributed by atoms with E-state index in [1.165, 1.54) is 4.90 Å². The zero-order valence-electron chi connectivity index (χ0n) is 15.0. The molecule has 0 atom stereocenters. The van der Waals surface area contributed by atoms with E-state index in [9.17, 15) is 14.4 Å². The SMILES string of the molecule is O=C(Cn1nc2n(c1=O)C(=O)N(c1ccc(Cl)cc1)C2)NCc1ccccc1Cl. The van der Waals surface area contributed by atoms with Crippen LogP contribution in [0.2, 0.25) is 10.0 Å². The number of nitrogens with zero attached hydrogens (tertiary/aromatic N) is 4. The van der Waals surface area contributed by atoms with Crippen LogP contribution in [0.4, 0.5) is 10.5 Å². The monoisotopic (exact) mass is 431 g/mol. The number of amides is 2. The molecule has 0 spiro atoms. The van der Waals surface area contributed by atoms with Gasteiger partial charge in [0, 0.05) is 22.3 Å². The van der Waals surface area contributed by atoms with Crippen molar-refractivity contribution in [3.63, 3.8) is 0 Å². The molecule has 0 bridgehead atoms. The third kappa shape index (κ3) is 3.76. The van der Waals surface area contributed by atoms with E-state index in [2.05, 4.69) is 10.4 Å². The lowest BCUT2D eigenvalue weighted by molar-refractivity contribution is -0.122. The van der Waals surface area contributed by atoms with Crippen LogP contribution >= 0.6 is 23.2 Å². The summed E-state index contributed by atoms with van der Waals surface area (Å²) in [7, 11) is 0. The first-order valence-electron chi connectivity index (χ1n) is 8.70. The number of anilines is 1. The van der Waals surface area contributed by atoms with Gasteiger partial charge < -0.3 is 5.32 Å². The van der Waals surface area contributed by atoms with E-state index < -0.39 is 17.6 Å². The minimum absolute atomic E-state index is 0.129. The molecule has 2 amide bonds. The fourth-order valence-corrected chi connectivity index (χ4v) is 3.36. The topological polar surface area (TPSA) is 89.2 Å². The number of nitrogens with one attached hydrogen (secondary N) is 1. The Morgan fingerprint density at radius 1 is 1.07 bits per heavy atom. The zero-order chi connectivity index (χ0) is 20.5. The highest BCUT2D eigenvalue weighted by atomic mass is 35.5. The van der Waals surface area contributed by atoms with Gasteiger partial charge in [-0.2, -0.15) is 9.67 Å². The van der Waals surface area contributed by atoms with E-state index >= 15 is 0 Å². The summed E-state index contributed by atoms with van der Waals surface area (Å²) in [6.45, 7) is 0.0611. The van der Waals surface area contributed by atoms with Crippen molar-refractivity contribution in [3.05, 3.63) is 80.4 Å². The van der Waals surface area contributed by atoms with E-state index in [1.54, 1.807) is 42.5 Å². The van der Waals surface area contributed by atoms with Crippen LogP contribution in [0.5, 0.6) is 0 Å². The maximum Gasteiger partial charge on any atom is 0.354 e. The van der Waals surface area contributed by atoms with E-state index in [4.69, 9.17) is 23.2 Å². The number of carbonyl (C=O) groups excluding carboxylic acids is 2. The third-order valence-corrected chi connectivity index (χ3v) is 5.11. The van der Waals surface area contributed by atoms with Gasteiger partial charge >= 0.3 is 11.7 Å². The molecular formula is C19H15Cl2N5O3. The van der Waals surface area contributed by atoms with Gasteiger partial charge in [-0.15, -0.1) is 0 Å². The van der Waals surface area contributed by atoms with E-state index in [-0.39, 0.29) is 25.5 Å². The minimum atomic E-state index is -0.658. The predicted molar refractivity (Wildman–Crippen MR) is 108 cm³/mol. The van der Waals surface area contributed by atoms with Gasteiger partial charge in [-0.05, 0) is 35.9 Å². The first-order chi connectivity index (χ1) is 13.9. The third-order valence-electron chi connectivity index (χ3n) is 4.49. The van der Waals surface area contributed by atoms with E-state index in [0.717, 1.165) is 14.8 Å². The molecule has 0 aliphatic carbocycles. The Bertz CT molecular complexity index is 1150. The number of fused-ring (bicyclic) bond motifs is 1. The first-order valence-corrected chi connectivity index (χ1v) is 9.46. The number of rotatable bonds is 5. The molecule has 0 unspecified atom stereocenters. The molecule has 148 valence electrons. The highest BCUT2D eigenvalue weighted by Crippen LogP contribution is 2.23. The lowest BCUT2D eigenvalue weighted by Gasteiger charge is -2.14. The van der Waals surface area contributed by atoms with Gasteiger partial charge in [-0.3, -0.25) is 9.69 Å². The maximum absolute atomic E-state index is 12.6. The Morgan fingerprint density at radius 3 is 2.48 bits per heavy atom. The standard InChI is InChI=1S/C19H15Cl2N5O3/c20-13-5-7-14(8-6-13)24-10-16-23-25(19(29)26(16)18(24)28)11-17(27)22-9-12-3-1-2-4-15(12)21/h1-8H,9-11H2,(H,22,27). The summed E-state index contributed by atoms with van der Waals surface area (Å²) in [6.07, 6.45) is 0. The molecule has 10 heteroatoms. The number of hydrogen-bond donors (Lipinski definition) is 1. The quantitative estimate of drug-likeness (QED) is 0.672. The van der Waals surface area contributed by atoms with Gasteiger partial charge in [0.25, 0.3) is 0 Å². The Balaban J connectivity index is 1.45. The molecule has 1 N–H and O–H groups in total. The average Bonchev–Trinajstić information content (AvgIpc) is 3.18. The smallest absolute Gasteiger partial charge is 0.350 e. The van der Waals surface area contributed by atoms with Crippen molar-refractivity contribution < 1.29 is 9.59 Å². The van der Waals surface area contributed by atoms with Crippen molar-refractivity contribution in [2.24, 2.45) is 0 Å². The van der Waals surface area contributed by atoms with Crippen LogP contribution in [0, 0.1) is 0 Å². The molecule has 1 aliphatic heterocycles. The lowest BCUT2D eigenvalue weighted by Crippen LogP contribution is -2.37. The van der Waals surface area contributed by atoms with Gasteiger partial charge in [0.15, 0.2) is 5.82 Å². The summed E-state index contributed by atoms with van der Waals surface area (Å²) in [5.41, 5.74) is 0.707.